The SMILES string of the molecule is C[C@@H](NC1CN2CCC1CC2)c1ccc(F)cc1. The molecule has 3 aliphatic heterocycles. The number of hydrogen-bond donors (Lipinski definition) is 1. The molecule has 0 saturated carbocycles. The average molecular weight is 248 g/mol. The summed E-state index contributed by atoms with van der Waals surface area (Å²) in [5.74, 6) is 0.673. The summed E-state index contributed by atoms with van der Waals surface area (Å²) >= 11 is 0. The first-order valence-electron chi connectivity index (χ1n) is 6.96. The molecule has 0 aromatic heterocycles. The monoisotopic (exact) mass is 248 g/mol. The molecule has 3 heteroatoms. The van der Waals surface area contributed by atoms with Gasteiger partial charge in [-0.25, -0.2) is 4.39 Å². The molecule has 0 aliphatic carbocycles. The molecular formula is C15H21FN2. The van der Waals surface area contributed by atoms with Crippen molar-refractivity contribution in [1.29, 1.82) is 0 Å². The summed E-state index contributed by atoms with van der Waals surface area (Å²) in [6, 6.07) is 7.76. The van der Waals surface area contributed by atoms with Gasteiger partial charge in [0.1, 0.15) is 5.82 Å². The second kappa shape index (κ2) is 4.98. The fourth-order valence-electron chi connectivity index (χ4n) is 3.32. The van der Waals surface area contributed by atoms with Gasteiger partial charge in [0, 0.05) is 18.6 Å². The smallest absolute Gasteiger partial charge is 0.123 e. The molecule has 0 amide bonds. The number of benzene rings is 1. The van der Waals surface area contributed by atoms with E-state index in [-0.39, 0.29) is 5.82 Å². The highest BCUT2D eigenvalue weighted by atomic mass is 19.1. The van der Waals surface area contributed by atoms with E-state index < -0.39 is 0 Å². The van der Waals surface area contributed by atoms with E-state index >= 15 is 0 Å². The van der Waals surface area contributed by atoms with Crippen LogP contribution in [0.4, 0.5) is 4.39 Å². The van der Waals surface area contributed by atoms with Crippen LogP contribution in [0.25, 0.3) is 0 Å². The number of fused-ring (bicyclic) bond motifs is 3. The van der Waals surface area contributed by atoms with E-state index in [9.17, 15) is 4.39 Å². The summed E-state index contributed by atoms with van der Waals surface area (Å²) in [6.07, 6.45) is 2.65. The van der Waals surface area contributed by atoms with Crippen LogP contribution in [0.2, 0.25) is 0 Å². The molecule has 18 heavy (non-hydrogen) atoms. The van der Waals surface area contributed by atoms with Crippen LogP contribution < -0.4 is 5.32 Å². The fraction of sp³-hybridized carbons (Fsp3) is 0.600. The Kier molecular flexibility index (Phi) is 3.35. The first-order chi connectivity index (χ1) is 8.72. The van der Waals surface area contributed by atoms with Gasteiger partial charge in [0.15, 0.2) is 0 Å². The maximum atomic E-state index is 12.9. The minimum atomic E-state index is -0.159. The van der Waals surface area contributed by atoms with Crippen molar-refractivity contribution < 1.29 is 4.39 Å². The lowest BCUT2D eigenvalue weighted by Crippen LogP contribution is -2.56. The van der Waals surface area contributed by atoms with Crippen LogP contribution in [0.5, 0.6) is 0 Å². The predicted octanol–water partition coefficient (Wildman–Crippen LogP) is 2.57. The Bertz CT molecular complexity index is 395. The van der Waals surface area contributed by atoms with Gasteiger partial charge in [0.25, 0.3) is 0 Å². The second-order valence-corrected chi connectivity index (χ2v) is 5.68. The summed E-state index contributed by atoms with van der Waals surface area (Å²) in [4.78, 5) is 2.55. The Morgan fingerprint density at radius 3 is 2.44 bits per heavy atom. The molecule has 1 unspecified atom stereocenters. The van der Waals surface area contributed by atoms with E-state index in [4.69, 9.17) is 0 Å². The fourth-order valence-corrected chi connectivity index (χ4v) is 3.32. The lowest BCUT2D eigenvalue weighted by Gasteiger charge is -2.46. The molecule has 2 nitrogen and oxygen atoms in total. The third-order valence-electron chi connectivity index (χ3n) is 4.49. The lowest BCUT2D eigenvalue weighted by molar-refractivity contribution is 0.0680. The number of piperidine rings is 3. The highest BCUT2D eigenvalue weighted by molar-refractivity contribution is 5.19. The Hall–Kier alpha value is -0.930. The van der Waals surface area contributed by atoms with Crippen molar-refractivity contribution in [2.24, 2.45) is 5.92 Å². The van der Waals surface area contributed by atoms with Crippen LogP contribution in [-0.4, -0.2) is 30.6 Å². The van der Waals surface area contributed by atoms with Gasteiger partial charge in [-0.2, -0.15) is 0 Å². The zero-order valence-electron chi connectivity index (χ0n) is 10.9. The van der Waals surface area contributed by atoms with Gasteiger partial charge < -0.3 is 10.2 Å². The molecule has 2 atom stereocenters. The van der Waals surface area contributed by atoms with Gasteiger partial charge >= 0.3 is 0 Å². The summed E-state index contributed by atoms with van der Waals surface area (Å²) in [5.41, 5.74) is 1.17. The average Bonchev–Trinajstić information content (AvgIpc) is 2.41. The zero-order chi connectivity index (χ0) is 12.5. The van der Waals surface area contributed by atoms with Crippen molar-refractivity contribution in [3.8, 4) is 0 Å². The van der Waals surface area contributed by atoms with Gasteiger partial charge in [-0.1, -0.05) is 12.1 Å². The summed E-state index contributed by atoms with van der Waals surface area (Å²) in [5, 5.41) is 3.72. The second-order valence-electron chi connectivity index (χ2n) is 5.68. The van der Waals surface area contributed by atoms with E-state index in [1.807, 2.05) is 12.1 Å². The van der Waals surface area contributed by atoms with Gasteiger partial charge in [0.05, 0.1) is 0 Å². The Morgan fingerprint density at radius 2 is 1.89 bits per heavy atom. The topological polar surface area (TPSA) is 15.3 Å². The molecule has 3 aliphatic rings. The summed E-state index contributed by atoms with van der Waals surface area (Å²) < 4.78 is 12.9. The largest absolute Gasteiger partial charge is 0.306 e. The minimum absolute atomic E-state index is 0.159. The van der Waals surface area contributed by atoms with Crippen molar-refractivity contribution in [2.45, 2.75) is 31.8 Å². The van der Waals surface area contributed by atoms with Crippen molar-refractivity contribution in [1.82, 2.24) is 10.2 Å². The number of nitrogens with one attached hydrogen (secondary N) is 1. The van der Waals surface area contributed by atoms with Gasteiger partial charge in [0.2, 0.25) is 0 Å². The van der Waals surface area contributed by atoms with Crippen LogP contribution in [0.3, 0.4) is 0 Å². The maximum Gasteiger partial charge on any atom is 0.123 e. The van der Waals surface area contributed by atoms with Crippen LogP contribution in [-0.2, 0) is 0 Å². The van der Waals surface area contributed by atoms with E-state index in [1.54, 1.807) is 12.1 Å². The third kappa shape index (κ3) is 2.43. The van der Waals surface area contributed by atoms with E-state index in [0.717, 1.165) is 5.92 Å². The molecule has 98 valence electrons. The minimum Gasteiger partial charge on any atom is -0.306 e. The van der Waals surface area contributed by atoms with E-state index in [2.05, 4.69) is 17.1 Å². The van der Waals surface area contributed by atoms with Crippen molar-refractivity contribution in [3.63, 3.8) is 0 Å². The Labute approximate surface area is 108 Å². The Balaban J connectivity index is 1.64. The predicted molar refractivity (Wildman–Crippen MR) is 70.9 cm³/mol. The molecule has 1 N–H and O–H groups in total. The van der Waals surface area contributed by atoms with Gasteiger partial charge in [-0.15, -0.1) is 0 Å². The van der Waals surface area contributed by atoms with Crippen LogP contribution >= 0.6 is 0 Å². The number of nitrogens with zero attached hydrogens (tertiary/aromatic N) is 1. The molecule has 3 heterocycles. The van der Waals surface area contributed by atoms with Gasteiger partial charge in [-0.3, -0.25) is 0 Å². The van der Waals surface area contributed by atoms with Crippen LogP contribution in [0.1, 0.15) is 31.4 Å². The molecule has 4 rings (SSSR count). The van der Waals surface area contributed by atoms with E-state index in [0.29, 0.717) is 12.1 Å². The molecular weight excluding hydrogens is 227 g/mol. The van der Waals surface area contributed by atoms with Crippen LogP contribution in [0, 0.1) is 11.7 Å². The zero-order valence-corrected chi connectivity index (χ0v) is 10.9. The van der Waals surface area contributed by atoms with Crippen molar-refractivity contribution in [3.05, 3.63) is 35.6 Å². The third-order valence-corrected chi connectivity index (χ3v) is 4.49. The standard InChI is InChI=1S/C15H21FN2/c1-11(12-2-4-14(16)5-3-12)17-15-10-18-8-6-13(15)7-9-18/h2-5,11,13,15,17H,6-10H2,1H3/t11-,15?/m1/s1. The van der Waals surface area contributed by atoms with Crippen LogP contribution in [0.15, 0.2) is 24.3 Å². The summed E-state index contributed by atoms with van der Waals surface area (Å²) in [6.45, 7) is 5.89. The molecule has 3 fully saturated rings. The highest BCUT2D eigenvalue weighted by Crippen LogP contribution is 2.29. The lowest BCUT2D eigenvalue weighted by atomic mass is 9.83. The number of rotatable bonds is 3. The van der Waals surface area contributed by atoms with Crippen molar-refractivity contribution >= 4 is 0 Å². The molecule has 1 aromatic rings. The number of hydrogen-bond acceptors (Lipinski definition) is 2. The highest BCUT2D eigenvalue weighted by Gasteiger charge is 2.34. The van der Waals surface area contributed by atoms with Gasteiger partial charge in [-0.05, 0) is 56.5 Å². The first-order valence-corrected chi connectivity index (χ1v) is 6.96. The van der Waals surface area contributed by atoms with Crippen molar-refractivity contribution in [2.75, 3.05) is 19.6 Å². The Morgan fingerprint density at radius 1 is 1.22 bits per heavy atom. The number of halogens is 1. The molecule has 0 radical (unpaired) electrons. The quantitative estimate of drug-likeness (QED) is 0.884. The first kappa shape index (κ1) is 12.1. The normalized spacial score (nSPS) is 32.4. The maximum absolute atomic E-state index is 12.9. The van der Waals surface area contributed by atoms with E-state index in [1.165, 1.54) is 38.0 Å². The molecule has 2 bridgehead atoms. The summed E-state index contributed by atoms with van der Waals surface area (Å²) in [7, 11) is 0. The molecule has 1 aromatic carbocycles. The molecule has 3 saturated heterocycles. The molecule has 0 spiro atoms.